The van der Waals surface area contributed by atoms with Crippen molar-refractivity contribution < 1.29 is 23.2 Å². The van der Waals surface area contributed by atoms with E-state index in [1.807, 2.05) is 0 Å². The van der Waals surface area contributed by atoms with E-state index in [0.29, 0.717) is 13.0 Å². The molecule has 0 radical (unpaired) electrons. The predicted octanol–water partition coefficient (Wildman–Crippen LogP) is -0.268. The second kappa shape index (κ2) is 5.42. The summed E-state index contributed by atoms with van der Waals surface area (Å²) in [6.07, 6.45) is -4.19. The number of nitrogens with one attached hydrogen (secondary N) is 1. The summed E-state index contributed by atoms with van der Waals surface area (Å²) in [7, 11) is 1.58. The Morgan fingerprint density at radius 1 is 1.72 bits per heavy atom. The molecule has 1 aliphatic rings. The van der Waals surface area contributed by atoms with E-state index in [4.69, 9.17) is 10.9 Å². The first kappa shape index (κ1) is 14.6. The van der Waals surface area contributed by atoms with Crippen molar-refractivity contribution in [2.45, 2.75) is 18.6 Å². The van der Waals surface area contributed by atoms with E-state index in [1.165, 1.54) is 4.90 Å². The maximum Gasteiger partial charge on any atom is 0.400 e. The molecular weight excluding hydrogens is 253 g/mol. The number of oxime groups is 1. The number of alkyl halides is 3. The van der Waals surface area contributed by atoms with E-state index in [-0.39, 0.29) is 5.91 Å². The molecule has 1 rings (SSSR count). The van der Waals surface area contributed by atoms with Crippen molar-refractivity contribution in [1.29, 1.82) is 0 Å². The number of nitrogens with zero attached hydrogens (tertiary/aromatic N) is 2. The molecule has 2 unspecified atom stereocenters. The molecule has 6 nitrogen and oxygen atoms in total. The van der Waals surface area contributed by atoms with Crippen molar-refractivity contribution in [3.63, 3.8) is 0 Å². The first-order valence-corrected chi connectivity index (χ1v) is 5.30. The van der Waals surface area contributed by atoms with Gasteiger partial charge in [0, 0.05) is 20.1 Å². The molecule has 2 atom stereocenters. The Hall–Kier alpha value is -1.51. The normalized spacial score (nSPS) is 23.6. The van der Waals surface area contributed by atoms with Crippen LogP contribution < -0.4 is 11.1 Å². The topological polar surface area (TPSA) is 90.9 Å². The van der Waals surface area contributed by atoms with Gasteiger partial charge in [-0.2, -0.15) is 13.2 Å². The Kier molecular flexibility index (Phi) is 4.38. The van der Waals surface area contributed by atoms with Gasteiger partial charge in [-0.05, 0) is 6.42 Å². The lowest BCUT2D eigenvalue weighted by Crippen LogP contribution is -2.47. The quantitative estimate of drug-likeness (QED) is 0.283. The molecule has 0 spiro atoms. The summed E-state index contributed by atoms with van der Waals surface area (Å²) in [4.78, 5) is 12.9. The van der Waals surface area contributed by atoms with Crippen molar-refractivity contribution in [1.82, 2.24) is 10.2 Å². The minimum absolute atomic E-state index is 0.254. The van der Waals surface area contributed by atoms with Crippen molar-refractivity contribution in [3.8, 4) is 0 Å². The van der Waals surface area contributed by atoms with E-state index in [2.05, 4.69) is 10.5 Å². The fourth-order valence-corrected chi connectivity index (χ4v) is 1.73. The first-order valence-electron chi connectivity index (χ1n) is 5.30. The highest BCUT2D eigenvalue weighted by Crippen LogP contribution is 2.26. The van der Waals surface area contributed by atoms with Crippen molar-refractivity contribution >= 4 is 11.7 Å². The van der Waals surface area contributed by atoms with Crippen molar-refractivity contribution in [3.05, 3.63) is 0 Å². The lowest BCUT2D eigenvalue weighted by Gasteiger charge is -2.21. The van der Waals surface area contributed by atoms with Gasteiger partial charge in [-0.3, -0.25) is 4.79 Å². The molecule has 0 saturated carbocycles. The largest absolute Gasteiger partial charge is 0.409 e. The van der Waals surface area contributed by atoms with Gasteiger partial charge in [0.05, 0.1) is 6.04 Å². The molecule has 18 heavy (non-hydrogen) atoms. The van der Waals surface area contributed by atoms with E-state index < -0.39 is 30.5 Å². The average Bonchev–Trinajstić information content (AvgIpc) is 2.58. The Balaban J connectivity index is 2.61. The fourth-order valence-electron chi connectivity index (χ4n) is 1.73. The predicted molar refractivity (Wildman–Crippen MR) is 57.0 cm³/mol. The standard InChI is InChI=1S/C9H15F3N4O2/c1-16-3-2-6(8(16)17)14-4-5(7(13)15-18)9(10,11)12/h5-6,14,18H,2-4H2,1H3,(H2,13,15). The van der Waals surface area contributed by atoms with Gasteiger partial charge in [-0.25, -0.2) is 0 Å². The molecule has 0 aliphatic carbocycles. The van der Waals surface area contributed by atoms with Gasteiger partial charge in [0.1, 0.15) is 5.92 Å². The van der Waals surface area contributed by atoms with Crippen molar-refractivity contribution in [2.75, 3.05) is 20.1 Å². The summed E-state index contributed by atoms with van der Waals surface area (Å²) < 4.78 is 37.8. The van der Waals surface area contributed by atoms with Crippen LogP contribution in [0.2, 0.25) is 0 Å². The Labute approximate surface area is 102 Å². The van der Waals surface area contributed by atoms with E-state index in [1.54, 1.807) is 7.05 Å². The zero-order valence-electron chi connectivity index (χ0n) is 9.74. The minimum Gasteiger partial charge on any atom is -0.409 e. The van der Waals surface area contributed by atoms with Gasteiger partial charge in [0.2, 0.25) is 5.91 Å². The summed E-state index contributed by atoms with van der Waals surface area (Å²) in [5, 5.41) is 13.2. The SMILES string of the molecule is CN1CCC(NCC(C(N)=NO)C(F)(F)F)C1=O. The van der Waals surface area contributed by atoms with Gasteiger partial charge in [0.15, 0.2) is 5.84 Å². The van der Waals surface area contributed by atoms with E-state index in [0.717, 1.165) is 0 Å². The van der Waals surface area contributed by atoms with Gasteiger partial charge >= 0.3 is 6.18 Å². The second-order valence-electron chi connectivity index (χ2n) is 4.13. The summed E-state index contributed by atoms with van der Waals surface area (Å²) >= 11 is 0. The third-order valence-corrected chi connectivity index (χ3v) is 2.86. The molecule has 4 N–H and O–H groups in total. The molecule has 0 aromatic rings. The number of rotatable bonds is 4. The number of amidine groups is 1. The number of carbonyl (C=O) groups excluding carboxylic acids is 1. The molecule has 1 aliphatic heterocycles. The summed E-state index contributed by atoms with van der Waals surface area (Å²) in [5.74, 6) is -3.29. The lowest BCUT2D eigenvalue weighted by molar-refractivity contribution is -0.155. The summed E-state index contributed by atoms with van der Waals surface area (Å²) in [6, 6.07) is -0.647. The maximum atomic E-state index is 12.6. The van der Waals surface area contributed by atoms with Crippen LogP contribution in [-0.4, -0.2) is 54.2 Å². The van der Waals surface area contributed by atoms with Gasteiger partial charge in [-0.1, -0.05) is 5.16 Å². The number of likely N-dealkylation sites (tertiary alicyclic amines) is 1. The summed E-state index contributed by atoms with van der Waals surface area (Å²) in [5.41, 5.74) is 4.99. The first-order chi connectivity index (χ1) is 8.27. The number of likely N-dealkylation sites (N-methyl/N-ethyl adjacent to an activating group) is 1. The molecule has 9 heteroatoms. The zero-order valence-corrected chi connectivity index (χ0v) is 9.74. The van der Waals surface area contributed by atoms with Crippen LogP contribution in [0.25, 0.3) is 0 Å². The number of nitrogens with two attached hydrogens (primary N) is 1. The fraction of sp³-hybridized carbons (Fsp3) is 0.778. The van der Waals surface area contributed by atoms with Crippen LogP contribution in [0, 0.1) is 5.92 Å². The molecule has 1 amide bonds. The number of amides is 1. The summed E-state index contributed by atoms with van der Waals surface area (Å²) in [6.45, 7) is -0.0968. The van der Waals surface area contributed by atoms with Crippen LogP contribution in [0.1, 0.15) is 6.42 Å². The Bertz CT molecular complexity index is 345. The van der Waals surface area contributed by atoms with Crippen LogP contribution in [0.3, 0.4) is 0 Å². The molecule has 0 aromatic carbocycles. The number of hydrogen-bond donors (Lipinski definition) is 3. The number of carbonyl (C=O) groups is 1. The maximum absolute atomic E-state index is 12.6. The van der Waals surface area contributed by atoms with Gasteiger partial charge in [0.25, 0.3) is 0 Å². The Morgan fingerprint density at radius 3 is 2.72 bits per heavy atom. The van der Waals surface area contributed by atoms with Gasteiger partial charge in [-0.15, -0.1) is 0 Å². The van der Waals surface area contributed by atoms with Crippen LogP contribution in [-0.2, 0) is 4.79 Å². The van der Waals surface area contributed by atoms with Crippen LogP contribution in [0.15, 0.2) is 5.16 Å². The van der Waals surface area contributed by atoms with Crippen LogP contribution in [0.5, 0.6) is 0 Å². The second-order valence-corrected chi connectivity index (χ2v) is 4.13. The third kappa shape index (κ3) is 3.25. The van der Waals surface area contributed by atoms with Crippen LogP contribution >= 0.6 is 0 Å². The number of halogens is 3. The smallest absolute Gasteiger partial charge is 0.400 e. The van der Waals surface area contributed by atoms with E-state index >= 15 is 0 Å². The molecule has 1 heterocycles. The average molecular weight is 268 g/mol. The third-order valence-electron chi connectivity index (χ3n) is 2.86. The van der Waals surface area contributed by atoms with Crippen LogP contribution in [0.4, 0.5) is 13.2 Å². The van der Waals surface area contributed by atoms with Crippen molar-refractivity contribution in [2.24, 2.45) is 16.8 Å². The molecule has 1 fully saturated rings. The molecular formula is C9H15F3N4O2. The highest BCUT2D eigenvalue weighted by Gasteiger charge is 2.43. The molecule has 0 bridgehead atoms. The van der Waals surface area contributed by atoms with E-state index in [9.17, 15) is 18.0 Å². The molecule has 1 saturated heterocycles. The highest BCUT2D eigenvalue weighted by atomic mass is 19.4. The Morgan fingerprint density at radius 2 is 2.33 bits per heavy atom. The highest BCUT2D eigenvalue weighted by molar-refractivity contribution is 5.84. The lowest BCUT2D eigenvalue weighted by atomic mass is 10.1. The zero-order chi connectivity index (χ0) is 13.9. The van der Waals surface area contributed by atoms with Gasteiger partial charge < -0.3 is 21.2 Å². The molecule has 104 valence electrons. The molecule has 0 aromatic heterocycles. The number of hydrogen-bond acceptors (Lipinski definition) is 4. The minimum atomic E-state index is -4.63. The monoisotopic (exact) mass is 268 g/mol.